The predicted molar refractivity (Wildman–Crippen MR) is 96.4 cm³/mol. The molecule has 26 heavy (non-hydrogen) atoms. The Balaban J connectivity index is 1.85. The molecule has 134 valence electrons. The van der Waals surface area contributed by atoms with Crippen molar-refractivity contribution in [3.05, 3.63) is 54.1 Å². The molecule has 0 aliphatic heterocycles. The first kappa shape index (κ1) is 17.6. The Morgan fingerprint density at radius 3 is 2.65 bits per heavy atom. The van der Waals surface area contributed by atoms with E-state index in [0.717, 1.165) is 15.9 Å². The molecule has 0 aliphatic carbocycles. The molecule has 0 spiro atoms. The molecule has 0 saturated heterocycles. The molecule has 0 aliphatic rings. The van der Waals surface area contributed by atoms with Gasteiger partial charge >= 0.3 is 5.97 Å². The highest BCUT2D eigenvalue weighted by Gasteiger charge is 2.07. The van der Waals surface area contributed by atoms with Crippen molar-refractivity contribution in [3.63, 3.8) is 0 Å². The van der Waals surface area contributed by atoms with Gasteiger partial charge in [-0.25, -0.2) is 4.99 Å². The summed E-state index contributed by atoms with van der Waals surface area (Å²) in [6, 6.07) is 15.4. The molecule has 1 heterocycles. The first-order valence-electron chi connectivity index (χ1n) is 8.39. The molecular weight excluding hydrogens is 332 g/mol. The van der Waals surface area contributed by atoms with Crippen LogP contribution in [0.1, 0.15) is 20.3 Å². The molecule has 3 rings (SSSR count). The largest absolute Gasteiger partial charge is 0.463 e. The van der Waals surface area contributed by atoms with Crippen molar-refractivity contribution < 1.29 is 14.7 Å². The zero-order valence-corrected chi connectivity index (χ0v) is 14.7. The average Bonchev–Trinajstić information content (AvgIpc) is 2.63. The Labute approximate surface area is 150 Å². The minimum atomic E-state index is -0.338. The van der Waals surface area contributed by atoms with Crippen LogP contribution in [0.2, 0.25) is 0 Å². The van der Waals surface area contributed by atoms with Gasteiger partial charge in [0.25, 0.3) is 5.62 Å². The van der Waals surface area contributed by atoms with Crippen molar-refractivity contribution >= 4 is 17.0 Å². The molecule has 0 amide bonds. The van der Waals surface area contributed by atoms with Crippen LogP contribution in [0.5, 0.6) is 0 Å². The lowest BCUT2D eigenvalue weighted by Gasteiger charge is -2.07. The molecule has 0 fully saturated rings. The topological polar surface area (TPSA) is 89.6 Å². The maximum Gasteiger partial charge on any atom is 0.307 e. The van der Waals surface area contributed by atoms with Crippen LogP contribution in [-0.4, -0.2) is 38.8 Å². The molecule has 3 aromatic rings. The monoisotopic (exact) mass is 352 g/mol. The van der Waals surface area contributed by atoms with Crippen molar-refractivity contribution in [1.82, 2.24) is 14.9 Å². The van der Waals surface area contributed by atoms with Crippen LogP contribution in [0.15, 0.2) is 53.5 Å². The van der Waals surface area contributed by atoms with Gasteiger partial charge in [0.15, 0.2) is 0 Å². The lowest BCUT2D eigenvalue weighted by Crippen LogP contribution is -2.25. The Kier molecular flexibility index (Phi) is 5.26. The van der Waals surface area contributed by atoms with Crippen LogP contribution in [0.4, 0.5) is 0 Å². The molecule has 1 N–H and O–H groups in total. The van der Waals surface area contributed by atoms with E-state index in [1.807, 2.05) is 42.5 Å². The van der Waals surface area contributed by atoms with Gasteiger partial charge in [-0.2, -0.15) is 0 Å². The second-order valence-corrected chi connectivity index (χ2v) is 6.05. The lowest BCUT2D eigenvalue weighted by atomic mass is 10.1. The molecule has 0 unspecified atom stereocenters. The zero-order valence-electron chi connectivity index (χ0n) is 14.7. The number of ether oxygens (including phenoxy) is 1. The Morgan fingerprint density at radius 1 is 1.15 bits per heavy atom. The standard InChI is InChI=1S/C19H20N4O3/c1-13(2)26-18(24)10-11-20-19-22-21-16-12-15(8-9-17(16)23(19)25)14-6-4-3-5-7-14/h3-9,12-13,25H,10-11H2,1-2H3. The third-order valence-corrected chi connectivity index (χ3v) is 3.68. The van der Waals surface area contributed by atoms with E-state index in [0.29, 0.717) is 11.0 Å². The zero-order chi connectivity index (χ0) is 18.5. The maximum atomic E-state index is 11.5. The van der Waals surface area contributed by atoms with E-state index in [9.17, 15) is 10.0 Å². The van der Waals surface area contributed by atoms with Crippen LogP contribution in [0.3, 0.4) is 0 Å². The van der Waals surface area contributed by atoms with Gasteiger partial charge in [0.05, 0.1) is 19.1 Å². The third kappa shape index (κ3) is 4.05. The van der Waals surface area contributed by atoms with Crippen molar-refractivity contribution in [1.29, 1.82) is 0 Å². The molecule has 2 aromatic carbocycles. The number of carbonyl (C=O) groups excluding carboxylic acids is 1. The van der Waals surface area contributed by atoms with Gasteiger partial charge in [-0.05, 0) is 37.1 Å². The van der Waals surface area contributed by atoms with Crippen LogP contribution in [0, 0.1) is 0 Å². The van der Waals surface area contributed by atoms with Crippen LogP contribution in [-0.2, 0) is 9.53 Å². The van der Waals surface area contributed by atoms with E-state index < -0.39 is 0 Å². The summed E-state index contributed by atoms with van der Waals surface area (Å²) in [5.41, 5.74) is 3.11. The van der Waals surface area contributed by atoms with Crippen LogP contribution in [0.25, 0.3) is 22.2 Å². The van der Waals surface area contributed by atoms with E-state index in [4.69, 9.17) is 4.74 Å². The number of aromatic nitrogens is 3. The minimum absolute atomic E-state index is 0.0438. The van der Waals surface area contributed by atoms with E-state index in [-0.39, 0.29) is 30.7 Å². The summed E-state index contributed by atoms with van der Waals surface area (Å²) in [6.07, 6.45) is -0.0465. The summed E-state index contributed by atoms with van der Waals surface area (Å²) in [6.45, 7) is 3.73. The summed E-state index contributed by atoms with van der Waals surface area (Å²) >= 11 is 0. The molecule has 7 heteroatoms. The molecule has 0 bridgehead atoms. The Hall–Kier alpha value is -3.22. The van der Waals surface area contributed by atoms with Gasteiger partial charge in [0.2, 0.25) is 0 Å². The first-order chi connectivity index (χ1) is 12.5. The summed E-state index contributed by atoms with van der Waals surface area (Å²) < 4.78 is 5.92. The second-order valence-electron chi connectivity index (χ2n) is 6.05. The number of esters is 1. The number of nitrogens with zero attached hydrogens (tertiary/aromatic N) is 4. The average molecular weight is 352 g/mol. The molecule has 0 saturated carbocycles. The smallest absolute Gasteiger partial charge is 0.307 e. The fourth-order valence-electron chi connectivity index (χ4n) is 2.51. The van der Waals surface area contributed by atoms with Crippen LogP contribution >= 0.6 is 0 Å². The molecular formula is C19H20N4O3. The van der Waals surface area contributed by atoms with Crippen molar-refractivity contribution in [2.24, 2.45) is 4.99 Å². The normalized spacial score (nSPS) is 11.9. The summed E-state index contributed by atoms with van der Waals surface area (Å²) in [5.74, 6) is -0.338. The lowest BCUT2D eigenvalue weighted by molar-refractivity contribution is -0.147. The summed E-state index contributed by atoms with van der Waals surface area (Å²) in [5, 5.41) is 18.4. The van der Waals surface area contributed by atoms with E-state index in [2.05, 4.69) is 15.2 Å². The SMILES string of the molecule is CC(C)OC(=O)CCN=c1nnc2cc(-c3ccccc3)ccc2n1O. The summed E-state index contributed by atoms with van der Waals surface area (Å²) in [4.78, 5) is 15.6. The van der Waals surface area contributed by atoms with Gasteiger partial charge in [-0.1, -0.05) is 36.4 Å². The number of benzene rings is 2. The minimum Gasteiger partial charge on any atom is -0.463 e. The fraction of sp³-hybridized carbons (Fsp3) is 0.263. The Morgan fingerprint density at radius 2 is 1.92 bits per heavy atom. The molecule has 1 aromatic heterocycles. The predicted octanol–water partition coefficient (Wildman–Crippen LogP) is 2.58. The van der Waals surface area contributed by atoms with E-state index >= 15 is 0 Å². The molecule has 0 atom stereocenters. The highest BCUT2D eigenvalue weighted by atomic mass is 16.5. The summed E-state index contributed by atoms with van der Waals surface area (Å²) in [7, 11) is 0. The first-order valence-corrected chi connectivity index (χ1v) is 8.39. The maximum absolute atomic E-state index is 11.5. The second kappa shape index (κ2) is 7.77. The fourth-order valence-corrected chi connectivity index (χ4v) is 2.51. The van der Waals surface area contributed by atoms with Crippen molar-refractivity contribution in [2.45, 2.75) is 26.4 Å². The third-order valence-electron chi connectivity index (χ3n) is 3.68. The molecule has 7 nitrogen and oxygen atoms in total. The number of hydrogen-bond acceptors (Lipinski definition) is 6. The number of rotatable bonds is 5. The number of fused-ring (bicyclic) bond motifs is 1. The highest BCUT2D eigenvalue weighted by Crippen LogP contribution is 2.21. The Bertz CT molecular complexity index is 981. The van der Waals surface area contributed by atoms with E-state index in [1.54, 1.807) is 19.9 Å². The van der Waals surface area contributed by atoms with Gasteiger partial charge < -0.3 is 9.94 Å². The number of carbonyl (C=O) groups is 1. The number of hydrogen-bond donors (Lipinski definition) is 1. The van der Waals surface area contributed by atoms with Gasteiger partial charge in [0.1, 0.15) is 11.0 Å². The van der Waals surface area contributed by atoms with Gasteiger partial charge in [0, 0.05) is 0 Å². The van der Waals surface area contributed by atoms with Gasteiger partial charge in [-0.3, -0.25) is 4.79 Å². The van der Waals surface area contributed by atoms with E-state index in [1.165, 1.54) is 0 Å². The quantitative estimate of drug-likeness (QED) is 0.563. The van der Waals surface area contributed by atoms with Crippen LogP contribution < -0.4 is 5.62 Å². The molecule has 0 radical (unpaired) electrons. The van der Waals surface area contributed by atoms with Gasteiger partial charge in [-0.15, -0.1) is 14.9 Å². The van der Waals surface area contributed by atoms with Crippen molar-refractivity contribution in [3.8, 4) is 11.1 Å². The van der Waals surface area contributed by atoms with Crippen molar-refractivity contribution in [2.75, 3.05) is 6.54 Å². The highest BCUT2D eigenvalue weighted by molar-refractivity contribution is 5.80.